The van der Waals surface area contributed by atoms with Crippen molar-refractivity contribution in [3.8, 4) is 11.5 Å². The van der Waals surface area contributed by atoms with E-state index < -0.39 is 10.8 Å². The number of ether oxygens (including phenoxy) is 2. The second kappa shape index (κ2) is 7.85. The molecule has 0 aliphatic heterocycles. The number of nitrogens with zero attached hydrogens (tertiary/aromatic N) is 1. The minimum absolute atomic E-state index is 0.108. The highest BCUT2D eigenvalue weighted by Gasteiger charge is 2.25. The number of hydrogen-bond acceptors (Lipinski definition) is 5. The molecule has 0 aliphatic rings. The lowest BCUT2D eigenvalue weighted by Crippen LogP contribution is -2.27. The fourth-order valence-corrected chi connectivity index (χ4v) is 2.44. The van der Waals surface area contributed by atoms with Crippen molar-refractivity contribution in [2.24, 2.45) is 0 Å². The maximum atomic E-state index is 12.6. The Morgan fingerprint density at radius 2 is 1.72 bits per heavy atom. The third-order valence-corrected chi connectivity index (χ3v) is 3.91. The van der Waals surface area contributed by atoms with Gasteiger partial charge in [0.1, 0.15) is 5.56 Å². The number of carbonyl (C=O) groups is 1. The summed E-state index contributed by atoms with van der Waals surface area (Å²) >= 11 is 5.85. The van der Waals surface area contributed by atoms with Crippen LogP contribution in [0.3, 0.4) is 0 Å². The Morgan fingerprint density at radius 3 is 2.24 bits per heavy atom. The second-order valence-electron chi connectivity index (χ2n) is 5.23. The molecule has 0 fully saturated rings. The molecule has 0 aromatic heterocycles. The van der Waals surface area contributed by atoms with Crippen molar-refractivity contribution in [1.82, 2.24) is 5.32 Å². The molecule has 1 unspecified atom stereocenters. The normalized spacial score (nSPS) is 11.5. The number of carbonyl (C=O) groups excluding carboxylic acids is 1. The molecule has 1 atom stereocenters. The standard InChI is InChI=1S/C17H17ClN2O5/c1-10(11-4-6-12(18)7-5-11)19-17(21)13-8-15(24-2)16(25-3)9-14(13)20(22)23/h4-10H,1-3H3,(H,19,21). The lowest BCUT2D eigenvalue weighted by atomic mass is 10.1. The van der Waals surface area contributed by atoms with Crippen molar-refractivity contribution in [3.05, 3.63) is 62.7 Å². The zero-order valence-electron chi connectivity index (χ0n) is 13.9. The Bertz CT molecular complexity index is 792. The van der Waals surface area contributed by atoms with Gasteiger partial charge in [-0.2, -0.15) is 0 Å². The average Bonchev–Trinajstić information content (AvgIpc) is 2.60. The fourth-order valence-electron chi connectivity index (χ4n) is 2.31. The van der Waals surface area contributed by atoms with E-state index in [-0.39, 0.29) is 28.8 Å². The van der Waals surface area contributed by atoms with Crippen molar-refractivity contribution in [1.29, 1.82) is 0 Å². The van der Waals surface area contributed by atoms with E-state index in [1.54, 1.807) is 31.2 Å². The molecule has 0 radical (unpaired) electrons. The van der Waals surface area contributed by atoms with Gasteiger partial charge in [0.2, 0.25) is 0 Å². The highest BCUT2D eigenvalue weighted by molar-refractivity contribution is 6.30. The Kier molecular flexibility index (Phi) is 5.82. The van der Waals surface area contributed by atoms with Gasteiger partial charge in [-0.15, -0.1) is 0 Å². The van der Waals surface area contributed by atoms with Gasteiger partial charge in [-0.3, -0.25) is 14.9 Å². The molecule has 0 heterocycles. The van der Waals surface area contributed by atoms with Crippen molar-refractivity contribution in [2.75, 3.05) is 14.2 Å². The van der Waals surface area contributed by atoms with Crippen molar-refractivity contribution in [2.45, 2.75) is 13.0 Å². The topological polar surface area (TPSA) is 90.7 Å². The molecule has 2 aromatic rings. The van der Waals surface area contributed by atoms with Gasteiger partial charge in [0, 0.05) is 11.1 Å². The van der Waals surface area contributed by atoms with Crippen LogP contribution in [0.4, 0.5) is 5.69 Å². The lowest BCUT2D eigenvalue weighted by Gasteiger charge is -2.15. The monoisotopic (exact) mass is 364 g/mol. The minimum atomic E-state index is -0.635. The maximum absolute atomic E-state index is 12.6. The van der Waals surface area contributed by atoms with Crippen LogP contribution in [-0.4, -0.2) is 25.1 Å². The molecular formula is C17H17ClN2O5. The summed E-state index contributed by atoms with van der Waals surface area (Å²) < 4.78 is 10.2. The molecule has 0 bridgehead atoms. The van der Waals surface area contributed by atoms with E-state index in [1.165, 1.54) is 26.4 Å². The molecular weight excluding hydrogens is 348 g/mol. The number of nitrogens with one attached hydrogen (secondary N) is 1. The molecule has 132 valence electrons. The molecule has 0 saturated heterocycles. The number of benzene rings is 2. The van der Waals surface area contributed by atoms with Crippen LogP contribution >= 0.6 is 11.6 Å². The summed E-state index contributed by atoms with van der Waals surface area (Å²) in [5.41, 5.74) is 0.350. The minimum Gasteiger partial charge on any atom is -0.493 e. The summed E-state index contributed by atoms with van der Waals surface area (Å²) in [5.74, 6) is -0.177. The first-order chi connectivity index (χ1) is 11.9. The first-order valence-corrected chi connectivity index (χ1v) is 7.72. The van der Waals surface area contributed by atoms with Crippen molar-refractivity contribution >= 4 is 23.2 Å². The first-order valence-electron chi connectivity index (χ1n) is 7.34. The van der Waals surface area contributed by atoms with Crippen LogP contribution < -0.4 is 14.8 Å². The van der Waals surface area contributed by atoms with E-state index in [9.17, 15) is 14.9 Å². The molecule has 1 amide bonds. The first kappa shape index (κ1) is 18.5. The molecule has 0 aliphatic carbocycles. The van der Waals surface area contributed by atoms with E-state index in [0.29, 0.717) is 5.02 Å². The van der Waals surface area contributed by atoms with Gasteiger partial charge in [0.05, 0.1) is 31.3 Å². The zero-order chi connectivity index (χ0) is 18.6. The predicted molar refractivity (Wildman–Crippen MR) is 93.5 cm³/mol. The molecule has 0 saturated carbocycles. The number of rotatable bonds is 6. The van der Waals surface area contributed by atoms with Gasteiger partial charge in [0.15, 0.2) is 11.5 Å². The van der Waals surface area contributed by atoms with Crippen LogP contribution in [0.15, 0.2) is 36.4 Å². The van der Waals surface area contributed by atoms with Crippen molar-refractivity contribution < 1.29 is 19.2 Å². The quantitative estimate of drug-likeness (QED) is 0.622. The summed E-state index contributed by atoms with van der Waals surface area (Å²) in [5, 5.41) is 14.6. The Morgan fingerprint density at radius 1 is 1.16 bits per heavy atom. The number of nitro benzene ring substituents is 1. The summed E-state index contributed by atoms with van der Waals surface area (Å²) in [6.45, 7) is 1.77. The molecule has 25 heavy (non-hydrogen) atoms. The van der Waals surface area contributed by atoms with E-state index in [4.69, 9.17) is 21.1 Å². The van der Waals surface area contributed by atoms with Gasteiger partial charge < -0.3 is 14.8 Å². The molecule has 7 nitrogen and oxygen atoms in total. The number of halogens is 1. The predicted octanol–water partition coefficient (Wildman–Crippen LogP) is 3.76. The average molecular weight is 365 g/mol. The fraction of sp³-hybridized carbons (Fsp3) is 0.235. The molecule has 1 N–H and O–H groups in total. The Labute approximate surface area is 149 Å². The second-order valence-corrected chi connectivity index (χ2v) is 5.66. The molecule has 2 rings (SSSR count). The number of nitro groups is 1. The third-order valence-electron chi connectivity index (χ3n) is 3.66. The summed E-state index contributed by atoms with van der Waals surface area (Å²) in [6, 6.07) is 9.06. The molecule has 8 heteroatoms. The summed E-state index contributed by atoms with van der Waals surface area (Å²) in [4.78, 5) is 23.2. The third kappa shape index (κ3) is 4.19. The molecule has 2 aromatic carbocycles. The van der Waals surface area contributed by atoms with E-state index in [0.717, 1.165) is 5.56 Å². The maximum Gasteiger partial charge on any atom is 0.286 e. The van der Waals surface area contributed by atoms with Crippen LogP contribution in [0, 0.1) is 10.1 Å². The van der Waals surface area contributed by atoms with Crippen LogP contribution in [-0.2, 0) is 0 Å². The smallest absolute Gasteiger partial charge is 0.286 e. The van der Waals surface area contributed by atoms with Gasteiger partial charge in [0.25, 0.3) is 11.6 Å². The molecule has 0 spiro atoms. The van der Waals surface area contributed by atoms with Crippen LogP contribution in [0.1, 0.15) is 28.9 Å². The van der Waals surface area contributed by atoms with E-state index in [1.807, 2.05) is 0 Å². The SMILES string of the molecule is COc1cc(C(=O)NC(C)c2ccc(Cl)cc2)c([N+](=O)[O-])cc1OC. The Hall–Kier alpha value is -2.80. The number of methoxy groups -OCH3 is 2. The largest absolute Gasteiger partial charge is 0.493 e. The van der Waals surface area contributed by atoms with Gasteiger partial charge in [-0.25, -0.2) is 0 Å². The van der Waals surface area contributed by atoms with Crippen molar-refractivity contribution in [3.63, 3.8) is 0 Å². The van der Waals surface area contributed by atoms with Gasteiger partial charge in [-0.05, 0) is 24.6 Å². The number of hydrogen-bond donors (Lipinski definition) is 1. The van der Waals surface area contributed by atoms with E-state index >= 15 is 0 Å². The van der Waals surface area contributed by atoms with Gasteiger partial charge >= 0.3 is 0 Å². The van der Waals surface area contributed by atoms with Crippen LogP contribution in [0.5, 0.6) is 11.5 Å². The zero-order valence-corrected chi connectivity index (χ0v) is 14.7. The van der Waals surface area contributed by atoms with Gasteiger partial charge in [-0.1, -0.05) is 23.7 Å². The number of amides is 1. The summed E-state index contributed by atoms with van der Waals surface area (Å²) in [7, 11) is 2.76. The lowest BCUT2D eigenvalue weighted by molar-refractivity contribution is -0.385. The summed E-state index contributed by atoms with van der Waals surface area (Å²) in [6.07, 6.45) is 0. The van der Waals surface area contributed by atoms with Crippen LogP contribution in [0.25, 0.3) is 0 Å². The highest BCUT2D eigenvalue weighted by Crippen LogP contribution is 2.34. The Balaban J connectivity index is 2.34. The highest BCUT2D eigenvalue weighted by atomic mass is 35.5. The van der Waals surface area contributed by atoms with Crippen LogP contribution in [0.2, 0.25) is 5.02 Å². The van der Waals surface area contributed by atoms with E-state index in [2.05, 4.69) is 5.32 Å².